The molecular weight excluding hydrogens is 354 g/mol. The van der Waals surface area contributed by atoms with Crippen molar-refractivity contribution in [2.75, 3.05) is 18.4 Å². The molecule has 1 N–H and O–H groups in total. The van der Waals surface area contributed by atoms with E-state index >= 15 is 0 Å². The molecule has 3 heterocycles. The number of nitrogens with zero attached hydrogens (tertiary/aromatic N) is 4. The zero-order valence-corrected chi connectivity index (χ0v) is 15.2. The average molecular weight is 373 g/mol. The Hall–Kier alpha value is -3.48. The molecule has 0 aliphatic carbocycles. The van der Waals surface area contributed by atoms with E-state index in [2.05, 4.69) is 15.4 Å². The highest BCUT2D eigenvalue weighted by Gasteiger charge is 2.51. The van der Waals surface area contributed by atoms with Crippen molar-refractivity contribution >= 4 is 17.5 Å². The van der Waals surface area contributed by atoms with Gasteiger partial charge in [-0.25, -0.2) is 9.67 Å². The molecule has 7 nitrogen and oxygen atoms in total. The molecule has 2 aliphatic rings. The number of carbonyl (C=O) groups excluding carboxylic acids is 2. The molecular formula is C21H19N5O2. The molecule has 2 aromatic carbocycles. The highest BCUT2D eigenvalue weighted by molar-refractivity contribution is 6.07. The molecule has 5 rings (SSSR count). The van der Waals surface area contributed by atoms with Crippen LogP contribution in [0.2, 0.25) is 0 Å². The maximum Gasteiger partial charge on any atom is 0.253 e. The van der Waals surface area contributed by atoms with Crippen LogP contribution in [-0.2, 0) is 16.8 Å². The largest absolute Gasteiger partial charge is 0.337 e. The first-order valence-corrected chi connectivity index (χ1v) is 9.27. The molecule has 2 aliphatic heterocycles. The molecule has 0 radical (unpaired) electrons. The average Bonchev–Trinajstić information content (AvgIpc) is 3.44. The summed E-state index contributed by atoms with van der Waals surface area (Å²) in [7, 11) is 0. The summed E-state index contributed by atoms with van der Waals surface area (Å²) in [6.45, 7) is 1.59. The van der Waals surface area contributed by atoms with Crippen molar-refractivity contribution in [3.05, 3.63) is 77.9 Å². The van der Waals surface area contributed by atoms with E-state index in [4.69, 9.17) is 0 Å². The fraction of sp³-hybridized carbons (Fsp3) is 0.238. The third kappa shape index (κ3) is 2.58. The van der Waals surface area contributed by atoms with Crippen LogP contribution in [0.25, 0.3) is 0 Å². The van der Waals surface area contributed by atoms with Crippen LogP contribution in [0.5, 0.6) is 0 Å². The van der Waals surface area contributed by atoms with E-state index in [0.29, 0.717) is 31.6 Å². The summed E-state index contributed by atoms with van der Waals surface area (Å²) >= 11 is 0. The van der Waals surface area contributed by atoms with E-state index in [9.17, 15) is 9.59 Å². The van der Waals surface area contributed by atoms with Crippen LogP contribution in [-0.4, -0.2) is 44.6 Å². The molecule has 1 atom stereocenters. The van der Waals surface area contributed by atoms with Crippen molar-refractivity contribution in [2.24, 2.45) is 0 Å². The lowest BCUT2D eigenvalue weighted by Crippen LogP contribution is -2.39. The lowest BCUT2D eigenvalue weighted by atomic mass is 9.81. The molecule has 1 spiro atoms. The number of anilines is 1. The quantitative estimate of drug-likeness (QED) is 0.762. The Morgan fingerprint density at radius 3 is 2.75 bits per heavy atom. The Labute approximate surface area is 162 Å². The summed E-state index contributed by atoms with van der Waals surface area (Å²) in [4.78, 5) is 31.4. The minimum Gasteiger partial charge on any atom is -0.337 e. The molecule has 140 valence electrons. The van der Waals surface area contributed by atoms with Crippen LogP contribution >= 0.6 is 0 Å². The number of para-hydroxylation sites is 1. The van der Waals surface area contributed by atoms with Crippen LogP contribution in [0.3, 0.4) is 0 Å². The van der Waals surface area contributed by atoms with Crippen molar-refractivity contribution in [1.29, 1.82) is 0 Å². The van der Waals surface area contributed by atoms with Gasteiger partial charge in [0.2, 0.25) is 5.91 Å². The number of rotatable bonds is 3. The topological polar surface area (TPSA) is 80.1 Å². The number of amides is 2. The fourth-order valence-electron chi connectivity index (χ4n) is 4.20. The number of likely N-dealkylation sites (tertiary alicyclic amines) is 1. The first kappa shape index (κ1) is 16.7. The van der Waals surface area contributed by atoms with Gasteiger partial charge in [-0.15, -0.1) is 0 Å². The number of aromatic nitrogens is 3. The molecule has 7 heteroatoms. The van der Waals surface area contributed by atoms with Gasteiger partial charge in [0.1, 0.15) is 12.7 Å². The van der Waals surface area contributed by atoms with Gasteiger partial charge in [0, 0.05) is 24.3 Å². The Balaban J connectivity index is 1.34. The van der Waals surface area contributed by atoms with Gasteiger partial charge in [-0.1, -0.05) is 30.3 Å². The zero-order chi connectivity index (χ0) is 19.1. The van der Waals surface area contributed by atoms with Gasteiger partial charge in [-0.2, -0.15) is 5.10 Å². The van der Waals surface area contributed by atoms with E-state index in [1.807, 2.05) is 48.5 Å². The van der Waals surface area contributed by atoms with E-state index in [0.717, 1.165) is 16.8 Å². The summed E-state index contributed by atoms with van der Waals surface area (Å²) in [5.41, 5.74) is 2.91. The number of carbonyl (C=O) groups is 2. The van der Waals surface area contributed by atoms with Crippen LogP contribution in [0, 0.1) is 0 Å². The second kappa shape index (κ2) is 6.30. The van der Waals surface area contributed by atoms with Crippen molar-refractivity contribution in [1.82, 2.24) is 19.7 Å². The second-order valence-corrected chi connectivity index (χ2v) is 7.35. The van der Waals surface area contributed by atoms with Crippen molar-refractivity contribution in [3.8, 4) is 0 Å². The zero-order valence-electron chi connectivity index (χ0n) is 15.2. The summed E-state index contributed by atoms with van der Waals surface area (Å²) in [6, 6.07) is 15.3. The Bertz CT molecular complexity index is 1040. The molecule has 1 saturated heterocycles. The summed E-state index contributed by atoms with van der Waals surface area (Å²) in [5, 5.41) is 7.06. The Morgan fingerprint density at radius 2 is 1.96 bits per heavy atom. The first-order chi connectivity index (χ1) is 13.7. The SMILES string of the molecule is O=C(c1ccc(Cn2cncn2)cc1)N1CCC2(C1)C(=O)Nc1ccccc12. The maximum absolute atomic E-state index is 13.0. The Morgan fingerprint density at radius 1 is 1.14 bits per heavy atom. The monoisotopic (exact) mass is 373 g/mol. The molecule has 1 unspecified atom stereocenters. The smallest absolute Gasteiger partial charge is 0.253 e. The molecule has 2 amide bonds. The van der Waals surface area contributed by atoms with Gasteiger partial charge in [-0.3, -0.25) is 9.59 Å². The number of hydrogen-bond acceptors (Lipinski definition) is 4. The van der Waals surface area contributed by atoms with Crippen molar-refractivity contribution in [2.45, 2.75) is 18.4 Å². The number of hydrogen-bond donors (Lipinski definition) is 1. The van der Waals surface area contributed by atoms with Gasteiger partial charge in [0.15, 0.2) is 0 Å². The molecule has 0 saturated carbocycles. The predicted octanol–water partition coefficient (Wildman–Crippen LogP) is 2.06. The lowest BCUT2D eigenvalue weighted by Gasteiger charge is -2.22. The number of benzene rings is 2. The van der Waals surface area contributed by atoms with Gasteiger partial charge in [0.25, 0.3) is 5.91 Å². The van der Waals surface area contributed by atoms with E-state index in [-0.39, 0.29) is 11.8 Å². The van der Waals surface area contributed by atoms with Crippen LogP contribution in [0.4, 0.5) is 5.69 Å². The highest BCUT2D eigenvalue weighted by atomic mass is 16.2. The molecule has 28 heavy (non-hydrogen) atoms. The molecule has 3 aromatic rings. The summed E-state index contributed by atoms with van der Waals surface area (Å²) in [5.74, 6) is -0.0476. The third-order valence-corrected chi connectivity index (χ3v) is 5.69. The van der Waals surface area contributed by atoms with Gasteiger partial charge < -0.3 is 10.2 Å². The van der Waals surface area contributed by atoms with E-state index in [1.54, 1.807) is 15.9 Å². The van der Waals surface area contributed by atoms with Crippen LogP contribution in [0.1, 0.15) is 27.9 Å². The van der Waals surface area contributed by atoms with Crippen LogP contribution in [0.15, 0.2) is 61.2 Å². The van der Waals surface area contributed by atoms with Gasteiger partial charge in [0.05, 0.1) is 12.0 Å². The third-order valence-electron chi connectivity index (χ3n) is 5.69. The predicted molar refractivity (Wildman–Crippen MR) is 103 cm³/mol. The number of nitrogens with one attached hydrogen (secondary N) is 1. The van der Waals surface area contributed by atoms with E-state index in [1.165, 1.54) is 6.33 Å². The summed E-state index contributed by atoms with van der Waals surface area (Å²) in [6.07, 6.45) is 3.80. The van der Waals surface area contributed by atoms with E-state index < -0.39 is 5.41 Å². The molecule has 0 bridgehead atoms. The summed E-state index contributed by atoms with van der Waals surface area (Å²) < 4.78 is 1.73. The van der Waals surface area contributed by atoms with Crippen LogP contribution < -0.4 is 5.32 Å². The lowest BCUT2D eigenvalue weighted by molar-refractivity contribution is -0.120. The minimum atomic E-state index is -0.626. The number of fused-ring (bicyclic) bond motifs is 2. The molecule has 1 aromatic heterocycles. The first-order valence-electron chi connectivity index (χ1n) is 9.27. The minimum absolute atomic E-state index is 0.00724. The van der Waals surface area contributed by atoms with Crippen molar-refractivity contribution < 1.29 is 9.59 Å². The normalized spacial score (nSPS) is 20.4. The van der Waals surface area contributed by atoms with Gasteiger partial charge in [-0.05, 0) is 35.7 Å². The maximum atomic E-state index is 13.0. The standard InChI is InChI=1S/C21H19N5O2/c27-19(16-7-5-15(6-8-16)11-26-14-22-13-23-26)25-10-9-21(12-25)17-3-1-2-4-18(17)24-20(21)28/h1-8,13-14H,9-12H2,(H,24,28). The van der Waals surface area contributed by atoms with Crippen molar-refractivity contribution in [3.63, 3.8) is 0 Å². The van der Waals surface area contributed by atoms with Gasteiger partial charge >= 0.3 is 0 Å². The fourth-order valence-corrected chi connectivity index (χ4v) is 4.20. The Kier molecular flexibility index (Phi) is 3.75. The molecule has 1 fully saturated rings. The second-order valence-electron chi connectivity index (χ2n) is 7.35. The highest BCUT2D eigenvalue weighted by Crippen LogP contribution is 2.44.